The van der Waals surface area contributed by atoms with Gasteiger partial charge in [-0.3, -0.25) is 10.1 Å². The Bertz CT molecular complexity index is 987. The van der Waals surface area contributed by atoms with Gasteiger partial charge >= 0.3 is 5.69 Å². The summed E-state index contributed by atoms with van der Waals surface area (Å²) >= 11 is 7.72. The van der Waals surface area contributed by atoms with Gasteiger partial charge in [-0.15, -0.1) is 11.8 Å². The van der Waals surface area contributed by atoms with E-state index in [1.165, 1.54) is 0 Å². The number of hydrogen-bond acceptors (Lipinski definition) is 7. The third-order valence-corrected chi connectivity index (χ3v) is 7.16. The maximum atomic E-state index is 12.1. The lowest BCUT2D eigenvalue weighted by Crippen LogP contribution is -2.31. The summed E-state index contributed by atoms with van der Waals surface area (Å²) in [4.78, 5) is 26.3. The number of anilines is 1. The summed E-state index contributed by atoms with van der Waals surface area (Å²) in [6, 6.07) is 7.76. The van der Waals surface area contributed by atoms with Gasteiger partial charge < -0.3 is 9.80 Å². The Labute approximate surface area is 198 Å². The molecule has 0 unspecified atom stereocenters. The maximum absolute atomic E-state index is 12.1. The average molecular weight is 474 g/mol. The fraction of sp³-hybridized carbons (Fsp3) is 0.478. The van der Waals surface area contributed by atoms with Crippen LogP contribution in [0.3, 0.4) is 0 Å². The van der Waals surface area contributed by atoms with Crippen LogP contribution in [0.2, 0.25) is 5.02 Å². The van der Waals surface area contributed by atoms with E-state index in [0.29, 0.717) is 28.1 Å². The predicted molar refractivity (Wildman–Crippen MR) is 130 cm³/mol. The van der Waals surface area contributed by atoms with Crippen LogP contribution in [0.25, 0.3) is 6.08 Å². The van der Waals surface area contributed by atoms with Crippen molar-refractivity contribution >= 4 is 40.9 Å². The molecule has 0 N–H and O–H groups in total. The van der Waals surface area contributed by atoms with Crippen molar-refractivity contribution in [3.05, 3.63) is 56.6 Å². The Morgan fingerprint density at radius 1 is 1.09 bits per heavy atom. The highest BCUT2D eigenvalue weighted by Gasteiger charge is 2.29. The third-order valence-electron chi connectivity index (χ3n) is 5.86. The highest BCUT2D eigenvalue weighted by atomic mass is 35.5. The van der Waals surface area contributed by atoms with E-state index in [1.54, 1.807) is 11.8 Å². The molecule has 0 saturated carbocycles. The second-order valence-corrected chi connectivity index (χ2v) is 9.69. The van der Waals surface area contributed by atoms with Gasteiger partial charge in [0.15, 0.2) is 0 Å². The summed E-state index contributed by atoms with van der Waals surface area (Å²) in [6.45, 7) is 5.33. The molecular weight excluding hydrogens is 446 g/mol. The summed E-state index contributed by atoms with van der Waals surface area (Å²) in [6.07, 6.45) is 7.39. The molecule has 7 nitrogen and oxygen atoms in total. The molecule has 2 aliphatic rings. The molecule has 2 aliphatic heterocycles. The molecule has 0 radical (unpaired) electrons. The molecule has 0 bridgehead atoms. The van der Waals surface area contributed by atoms with Gasteiger partial charge in [0.05, 0.1) is 4.92 Å². The van der Waals surface area contributed by atoms with E-state index in [4.69, 9.17) is 11.6 Å². The molecule has 2 aromatic rings. The van der Waals surface area contributed by atoms with Gasteiger partial charge in [-0.05, 0) is 69.4 Å². The molecule has 1 aromatic heterocycles. The van der Waals surface area contributed by atoms with Crippen LogP contribution < -0.4 is 4.90 Å². The normalized spacial score (nSPS) is 17.1. The molecule has 2 fully saturated rings. The van der Waals surface area contributed by atoms with Crippen LogP contribution in [0.4, 0.5) is 11.5 Å². The van der Waals surface area contributed by atoms with Gasteiger partial charge in [0.2, 0.25) is 5.82 Å². The first-order valence-corrected chi connectivity index (χ1v) is 12.5. The Morgan fingerprint density at radius 2 is 1.75 bits per heavy atom. The van der Waals surface area contributed by atoms with Crippen molar-refractivity contribution in [1.29, 1.82) is 0 Å². The number of aryl methyl sites for hydroxylation is 1. The summed E-state index contributed by atoms with van der Waals surface area (Å²) in [5, 5.41) is 12.9. The minimum Gasteiger partial charge on any atom is -0.374 e. The van der Waals surface area contributed by atoms with Crippen molar-refractivity contribution in [3.63, 3.8) is 0 Å². The Hall–Kier alpha value is -2.32. The van der Waals surface area contributed by atoms with Crippen LogP contribution in [0.1, 0.15) is 43.6 Å². The van der Waals surface area contributed by atoms with Crippen LogP contribution in [0.15, 0.2) is 34.9 Å². The van der Waals surface area contributed by atoms with Gasteiger partial charge in [-0.25, -0.2) is 9.97 Å². The number of piperidine rings is 1. The van der Waals surface area contributed by atoms with Crippen LogP contribution >= 0.6 is 23.4 Å². The van der Waals surface area contributed by atoms with Crippen LogP contribution in [0, 0.1) is 17.0 Å². The lowest BCUT2D eigenvalue weighted by Gasteiger charge is -2.27. The van der Waals surface area contributed by atoms with Crippen LogP contribution in [0.5, 0.6) is 0 Å². The van der Waals surface area contributed by atoms with E-state index in [-0.39, 0.29) is 10.6 Å². The minimum atomic E-state index is -0.316. The van der Waals surface area contributed by atoms with Gasteiger partial charge in [0.25, 0.3) is 0 Å². The highest BCUT2D eigenvalue weighted by molar-refractivity contribution is 7.99. The number of likely N-dealkylation sites (tertiary alicyclic amines) is 1. The fourth-order valence-corrected chi connectivity index (χ4v) is 5.28. The topological polar surface area (TPSA) is 75.4 Å². The molecule has 1 aromatic carbocycles. The summed E-state index contributed by atoms with van der Waals surface area (Å²) < 4.78 is 0. The molecule has 3 heterocycles. The van der Waals surface area contributed by atoms with E-state index >= 15 is 0 Å². The fourth-order valence-electron chi connectivity index (χ4n) is 4.25. The first-order chi connectivity index (χ1) is 15.5. The number of benzene rings is 1. The molecule has 2 saturated heterocycles. The van der Waals surface area contributed by atoms with Gasteiger partial charge in [0, 0.05) is 47.5 Å². The molecule has 0 atom stereocenters. The summed E-state index contributed by atoms with van der Waals surface area (Å²) in [5.41, 5.74) is 1.49. The second kappa shape index (κ2) is 10.5. The number of aromatic nitrogens is 2. The number of rotatable bonds is 7. The van der Waals surface area contributed by atoms with E-state index in [1.807, 2.05) is 42.2 Å². The van der Waals surface area contributed by atoms with E-state index < -0.39 is 0 Å². The van der Waals surface area contributed by atoms with Crippen molar-refractivity contribution in [2.24, 2.45) is 0 Å². The zero-order chi connectivity index (χ0) is 22.5. The Balaban J connectivity index is 1.70. The Morgan fingerprint density at radius 3 is 2.41 bits per heavy atom. The lowest BCUT2D eigenvalue weighted by atomic mass is 10.1. The third kappa shape index (κ3) is 5.53. The standard InChI is InChI=1S/C23H28ClN5O2S/c1-17-25-21(22(29(30)31)23(26-17)28-13-3-2-4-14-28)15-19(27-11-5-6-12-27)16-32-20-9-7-18(24)8-10-20/h7-10,15H,2-6,11-14,16H2,1H3/b19-15-. The van der Waals surface area contributed by atoms with Gasteiger partial charge in [0.1, 0.15) is 11.5 Å². The first-order valence-electron chi connectivity index (χ1n) is 11.1. The maximum Gasteiger partial charge on any atom is 0.337 e. The number of hydrogen-bond donors (Lipinski definition) is 0. The zero-order valence-corrected chi connectivity index (χ0v) is 19.9. The molecular formula is C23H28ClN5O2S. The minimum absolute atomic E-state index is 0.0192. The Kier molecular flexibility index (Phi) is 7.52. The number of nitrogens with zero attached hydrogens (tertiary/aromatic N) is 5. The highest BCUT2D eigenvalue weighted by Crippen LogP contribution is 2.34. The molecule has 4 rings (SSSR count). The number of halogens is 1. The van der Waals surface area contributed by atoms with Gasteiger partial charge in [-0.2, -0.15) is 0 Å². The number of nitro groups is 1. The number of thioether (sulfide) groups is 1. The SMILES string of the molecule is Cc1nc(/C=C(/CSc2ccc(Cl)cc2)N2CCCC2)c([N+](=O)[O-])c(N2CCCCC2)n1. The van der Waals surface area contributed by atoms with Crippen molar-refractivity contribution < 1.29 is 4.92 Å². The lowest BCUT2D eigenvalue weighted by molar-refractivity contribution is -0.384. The summed E-state index contributed by atoms with van der Waals surface area (Å²) in [7, 11) is 0. The molecule has 32 heavy (non-hydrogen) atoms. The molecule has 170 valence electrons. The second-order valence-electron chi connectivity index (χ2n) is 8.21. The van der Waals surface area contributed by atoms with Crippen LogP contribution in [-0.4, -0.2) is 51.7 Å². The largest absolute Gasteiger partial charge is 0.374 e. The predicted octanol–water partition coefficient (Wildman–Crippen LogP) is 5.57. The summed E-state index contributed by atoms with van der Waals surface area (Å²) in [5.74, 6) is 1.73. The first kappa shape index (κ1) is 22.9. The average Bonchev–Trinajstić information content (AvgIpc) is 3.32. The molecule has 9 heteroatoms. The monoisotopic (exact) mass is 473 g/mol. The van der Waals surface area contributed by atoms with Crippen LogP contribution in [-0.2, 0) is 0 Å². The zero-order valence-electron chi connectivity index (χ0n) is 18.3. The van der Waals surface area contributed by atoms with E-state index in [2.05, 4.69) is 14.9 Å². The quantitative estimate of drug-likeness (QED) is 0.295. The van der Waals surface area contributed by atoms with Crippen molar-refractivity contribution in [2.45, 2.75) is 43.9 Å². The van der Waals surface area contributed by atoms with E-state index in [0.717, 1.165) is 68.9 Å². The molecule has 0 spiro atoms. The van der Waals surface area contributed by atoms with E-state index in [9.17, 15) is 10.1 Å². The molecule has 0 aliphatic carbocycles. The smallest absolute Gasteiger partial charge is 0.337 e. The van der Waals surface area contributed by atoms with Crippen molar-refractivity contribution in [1.82, 2.24) is 14.9 Å². The molecule has 0 amide bonds. The van der Waals surface area contributed by atoms with Crippen molar-refractivity contribution in [3.8, 4) is 0 Å². The van der Waals surface area contributed by atoms with Gasteiger partial charge in [-0.1, -0.05) is 11.6 Å². The van der Waals surface area contributed by atoms with Crippen molar-refractivity contribution in [2.75, 3.05) is 36.8 Å².